The van der Waals surface area contributed by atoms with Gasteiger partial charge in [-0.1, -0.05) is 111 Å². The Morgan fingerprint density at radius 1 is 0.610 bits per heavy atom. The fraction of sp³-hybridized carbons (Fsp3) is 0.0769. The van der Waals surface area contributed by atoms with Gasteiger partial charge in [0, 0.05) is 37.0 Å². The summed E-state index contributed by atoms with van der Waals surface area (Å²) in [6.45, 7) is 4.40. The minimum absolute atomic E-state index is 0.165. The van der Waals surface area contributed by atoms with Gasteiger partial charge in [0.15, 0.2) is 0 Å². The third-order valence-electron chi connectivity index (χ3n) is 8.21. The van der Waals surface area contributed by atoms with E-state index in [0.717, 1.165) is 45.0 Å². The molecule has 0 fully saturated rings. The lowest BCUT2D eigenvalue weighted by Gasteiger charge is -2.29. The zero-order chi connectivity index (χ0) is 33.6. The van der Waals surface area contributed by atoms with Gasteiger partial charge in [0.25, 0.3) is 0 Å². The van der Waals surface area contributed by atoms with E-state index in [0.29, 0.717) is 20.5 Å². The van der Waals surface area contributed by atoms with E-state index in [9.17, 15) is 1.37 Å². The van der Waals surface area contributed by atoms with Crippen LogP contribution in [0.2, 0.25) is 0 Å². The van der Waals surface area contributed by atoms with Crippen LogP contribution in [0.1, 0.15) is 34.6 Å². The Hall–Kier alpha value is -4.66. The van der Waals surface area contributed by atoms with Crippen LogP contribution in [-0.2, 0) is 5.41 Å². The molecule has 1 aromatic heterocycles. The molecule has 1 aliphatic carbocycles. The van der Waals surface area contributed by atoms with Gasteiger partial charge < -0.3 is 4.90 Å². The molecule has 1 nitrogen and oxygen atoms in total. The topological polar surface area (TPSA) is 3.24 Å². The van der Waals surface area contributed by atoms with Gasteiger partial charge in [0.05, 0.1) is 15.3 Å². The van der Waals surface area contributed by atoms with E-state index < -0.39 is 0 Å². The average Bonchev–Trinajstić information content (AvgIpc) is 3.61. The molecule has 2 heteroatoms. The van der Waals surface area contributed by atoms with Crippen molar-refractivity contribution >= 4 is 48.6 Å². The van der Waals surface area contributed by atoms with E-state index >= 15 is 0 Å². The highest BCUT2D eigenvalue weighted by Gasteiger charge is 2.35. The van der Waals surface area contributed by atoms with Crippen LogP contribution in [0.5, 0.6) is 0 Å². The predicted octanol–water partition coefficient (Wildman–Crippen LogP) is 11.5. The van der Waals surface area contributed by atoms with Crippen LogP contribution in [0.15, 0.2) is 139 Å². The lowest BCUT2D eigenvalue weighted by atomic mass is 9.82. The number of thiophene rings is 1. The van der Waals surface area contributed by atoms with Crippen molar-refractivity contribution in [3.05, 3.63) is 150 Å². The van der Waals surface area contributed by atoms with Crippen LogP contribution in [0.4, 0.5) is 17.1 Å². The molecule has 0 radical (unpaired) electrons. The summed E-state index contributed by atoms with van der Waals surface area (Å²) >= 11 is 1.08. The summed E-state index contributed by atoms with van der Waals surface area (Å²) in [6.07, 6.45) is 0. The van der Waals surface area contributed by atoms with Gasteiger partial charge >= 0.3 is 0 Å². The molecule has 1 heterocycles. The molecule has 0 saturated heterocycles. The van der Waals surface area contributed by atoms with Gasteiger partial charge in [-0.05, 0) is 75.8 Å². The Labute approximate surface area is 254 Å². The van der Waals surface area contributed by atoms with Crippen LogP contribution in [0.25, 0.3) is 42.4 Å². The Morgan fingerprint density at radius 3 is 2.15 bits per heavy atom. The second-order valence-corrected chi connectivity index (χ2v) is 11.9. The molecule has 0 N–H and O–H groups in total. The van der Waals surface area contributed by atoms with E-state index in [1.54, 1.807) is 0 Å². The summed E-state index contributed by atoms with van der Waals surface area (Å²) in [5.41, 5.74) is 8.20. The van der Waals surface area contributed by atoms with E-state index in [-0.39, 0.29) is 53.1 Å². The quantitative estimate of drug-likeness (QED) is 0.211. The molecule has 0 unspecified atom stereocenters. The van der Waals surface area contributed by atoms with Gasteiger partial charge in [0.2, 0.25) is 0 Å². The number of nitrogens with zero attached hydrogens (tertiary/aromatic N) is 1. The van der Waals surface area contributed by atoms with E-state index in [1.807, 2.05) is 71.6 Å². The largest absolute Gasteiger partial charge is 0.310 e. The average molecular weight is 551 g/mol. The molecule has 6 aromatic carbocycles. The van der Waals surface area contributed by atoms with Crippen LogP contribution < -0.4 is 4.90 Å². The summed E-state index contributed by atoms with van der Waals surface area (Å²) in [6, 6.07) is 30.9. The molecular weight excluding hydrogens is 515 g/mol. The van der Waals surface area contributed by atoms with E-state index in [4.69, 9.17) is 8.22 Å². The maximum Gasteiger partial charge on any atom is 0.0645 e. The highest BCUT2D eigenvalue weighted by molar-refractivity contribution is 7.26. The molecule has 0 bridgehead atoms. The third-order valence-corrected chi connectivity index (χ3v) is 9.23. The molecule has 0 aliphatic heterocycles. The first kappa shape index (κ1) is 17.9. The first-order valence-corrected chi connectivity index (χ1v) is 14.4. The van der Waals surface area contributed by atoms with Crippen molar-refractivity contribution in [1.29, 1.82) is 0 Å². The van der Waals surface area contributed by atoms with Gasteiger partial charge in [-0.25, -0.2) is 0 Å². The highest BCUT2D eigenvalue weighted by Crippen LogP contribution is 2.51. The monoisotopic (exact) mass is 550 g/mol. The van der Waals surface area contributed by atoms with Crippen LogP contribution in [0, 0.1) is 0 Å². The van der Waals surface area contributed by atoms with Crippen LogP contribution >= 0.6 is 11.3 Å². The molecule has 0 spiro atoms. The maximum atomic E-state index is 9.36. The number of benzene rings is 6. The summed E-state index contributed by atoms with van der Waals surface area (Å²) < 4.78 is 62.3. The first-order chi connectivity index (χ1) is 23.0. The molecule has 196 valence electrons. The smallest absolute Gasteiger partial charge is 0.0645 e. The van der Waals surface area contributed by atoms with Crippen molar-refractivity contribution in [1.82, 2.24) is 0 Å². The molecule has 0 atom stereocenters. The van der Waals surface area contributed by atoms with Crippen molar-refractivity contribution in [3.8, 4) is 22.3 Å². The number of fused-ring (bicyclic) bond motifs is 6. The minimum Gasteiger partial charge on any atom is -0.310 e. The first-order valence-electron chi connectivity index (χ1n) is 17.1. The summed E-state index contributed by atoms with van der Waals surface area (Å²) in [5, 5.41) is 0.640. The normalized spacial score (nSPS) is 15.7. The summed E-state index contributed by atoms with van der Waals surface area (Å²) in [4.78, 5) is 1.92. The number of hydrogen-bond donors (Lipinski definition) is 0. The molecule has 0 amide bonds. The fourth-order valence-corrected chi connectivity index (χ4v) is 7.15. The Balaban J connectivity index is 1.46. The number of hydrogen-bond acceptors (Lipinski definition) is 2. The van der Waals surface area contributed by atoms with Gasteiger partial charge in [-0.3, -0.25) is 0 Å². The third kappa shape index (κ3) is 3.75. The van der Waals surface area contributed by atoms with Crippen molar-refractivity contribution in [2.45, 2.75) is 19.3 Å². The maximum absolute atomic E-state index is 9.36. The Kier molecular flexibility index (Phi) is 4.01. The minimum atomic E-state index is -0.373. The van der Waals surface area contributed by atoms with Crippen molar-refractivity contribution in [2.75, 3.05) is 4.90 Å². The number of rotatable bonds is 4. The molecular formula is C39H29NS. The zero-order valence-electron chi connectivity index (χ0n) is 29.6. The summed E-state index contributed by atoms with van der Waals surface area (Å²) in [7, 11) is 0. The molecule has 1 aliphatic rings. The second-order valence-electron chi connectivity index (χ2n) is 10.9. The van der Waals surface area contributed by atoms with Crippen molar-refractivity contribution < 1.29 is 9.60 Å². The van der Waals surface area contributed by atoms with Crippen LogP contribution in [0.3, 0.4) is 0 Å². The highest BCUT2D eigenvalue weighted by atomic mass is 32.1. The summed E-state index contributed by atoms with van der Waals surface area (Å²) in [5.74, 6) is 0. The number of anilines is 3. The van der Waals surface area contributed by atoms with Gasteiger partial charge in [0.1, 0.15) is 0 Å². The van der Waals surface area contributed by atoms with E-state index in [2.05, 4.69) is 44.2 Å². The van der Waals surface area contributed by atoms with Crippen molar-refractivity contribution in [2.24, 2.45) is 0 Å². The Morgan fingerprint density at radius 2 is 1.29 bits per heavy atom. The molecule has 0 saturated carbocycles. The van der Waals surface area contributed by atoms with Crippen molar-refractivity contribution in [3.63, 3.8) is 0 Å². The lowest BCUT2D eigenvalue weighted by Crippen LogP contribution is -2.16. The fourth-order valence-electron chi connectivity index (χ4n) is 6.18. The predicted molar refractivity (Wildman–Crippen MR) is 177 cm³/mol. The van der Waals surface area contributed by atoms with Crippen LogP contribution in [-0.4, -0.2) is 0 Å². The second kappa shape index (κ2) is 9.19. The van der Waals surface area contributed by atoms with E-state index in [1.165, 1.54) is 11.1 Å². The lowest BCUT2D eigenvalue weighted by molar-refractivity contribution is 0.660. The standard InChI is InChI=1S/C39H29NS/c1-39(2)33-15-8-6-13-30(33)31-24-23-29(25-34(31)39)40(28-21-19-27(20-22-28)26-11-4-3-5-12-26)35-16-10-18-37-38(35)32-14-7-9-17-36(32)41-37/h3-25H,1-2H3/i7D,9D,10D,14D,16D,17D,18D. The Bertz CT molecular complexity index is 2450. The molecule has 7 aromatic rings. The zero-order valence-corrected chi connectivity index (χ0v) is 23.4. The molecule has 8 rings (SSSR count). The SMILES string of the molecule is [2H]c1c([2H])c([2H])c2c(sc3c([2H])c([2H])c([2H])c(N(c4ccc(-c5ccccc5)cc4)c4ccc5c(c4)C(C)(C)c4ccccc4-5)c32)c1[2H]. The van der Waals surface area contributed by atoms with Gasteiger partial charge in [-0.2, -0.15) is 0 Å². The molecule has 41 heavy (non-hydrogen) atoms. The van der Waals surface area contributed by atoms with Gasteiger partial charge in [-0.15, -0.1) is 11.3 Å².